The first-order chi connectivity index (χ1) is 16.4. The van der Waals surface area contributed by atoms with Gasteiger partial charge in [0, 0.05) is 16.3 Å². The maximum atomic E-state index is 13.7. The van der Waals surface area contributed by atoms with Crippen LogP contribution in [0.15, 0.2) is 83.0 Å². The second kappa shape index (κ2) is 8.76. The highest BCUT2D eigenvalue weighted by Crippen LogP contribution is 2.39. The number of amides is 2. The molecule has 0 spiro atoms. The van der Waals surface area contributed by atoms with E-state index in [2.05, 4.69) is 15.5 Å². The quantitative estimate of drug-likeness (QED) is 0.364. The molecule has 0 fully saturated rings. The minimum Gasteiger partial charge on any atom is -0.334 e. The molecule has 6 nitrogen and oxygen atoms in total. The van der Waals surface area contributed by atoms with Crippen molar-refractivity contribution in [1.82, 2.24) is 15.5 Å². The van der Waals surface area contributed by atoms with Crippen LogP contribution in [0.5, 0.6) is 0 Å². The van der Waals surface area contributed by atoms with Crippen molar-refractivity contribution in [2.24, 2.45) is 0 Å². The van der Waals surface area contributed by atoms with E-state index in [0.717, 1.165) is 11.1 Å². The van der Waals surface area contributed by atoms with Crippen LogP contribution < -0.4 is 10.2 Å². The lowest BCUT2D eigenvalue weighted by molar-refractivity contribution is 0.244. The average molecular weight is 475 g/mol. The number of urea groups is 1. The van der Waals surface area contributed by atoms with Crippen molar-refractivity contribution < 1.29 is 13.7 Å². The maximum absolute atomic E-state index is 13.7. The van der Waals surface area contributed by atoms with E-state index in [9.17, 15) is 9.18 Å². The van der Waals surface area contributed by atoms with Crippen molar-refractivity contribution in [3.63, 3.8) is 0 Å². The predicted octanol–water partition coefficient (Wildman–Crippen LogP) is 6.54. The molecule has 0 bridgehead atoms. The van der Waals surface area contributed by atoms with Crippen molar-refractivity contribution in [3.05, 3.63) is 106 Å². The maximum Gasteiger partial charge on any atom is 0.326 e. The number of rotatable bonds is 4. The van der Waals surface area contributed by atoms with Gasteiger partial charge in [-0.1, -0.05) is 59.2 Å². The molecule has 170 valence electrons. The molecule has 1 atom stereocenters. The van der Waals surface area contributed by atoms with Gasteiger partial charge in [-0.3, -0.25) is 4.90 Å². The third-order valence-electron chi connectivity index (χ3n) is 5.76. The summed E-state index contributed by atoms with van der Waals surface area (Å²) in [5.74, 6) is 0.101. The molecule has 1 aromatic heterocycles. The number of hydrogen-bond donors (Lipinski definition) is 1. The molecule has 1 aliphatic heterocycles. The van der Waals surface area contributed by atoms with Crippen molar-refractivity contribution in [3.8, 4) is 11.4 Å². The first-order valence-corrected chi connectivity index (χ1v) is 11.0. The fraction of sp³-hybridized carbons (Fsp3) is 0.115. The minimum absolute atomic E-state index is 0.237. The molecule has 1 aliphatic rings. The number of nitrogens with zero attached hydrogens (tertiary/aromatic N) is 3. The van der Waals surface area contributed by atoms with Gasteiger partial charge in [-0.15, -0.1) is 0 Å². The van der Waals surface area contributed by atoms with Crippen LogP contribution >= 0.6 is 11.6 Å². The summed E-state index contributed by atoms with van der Waals surface area (Å²) in [6, 6.07) is 20.1. The number of benzene rings is 3. The number of allylic oxidation sites excluding steroid dienone is 1. The van der Waals surface area contributed by atoms with Crippen LogP contribution in [0.3, 0.4) is 0 Å². The lowest BCUT2D eigenvalue weighted by Crippen LogP contribution is -2.46. The van der Waals surface area contributed by atoms with E-state index in [4.69, 9.17) is 16.1 Å². The van der Waals surface area contributed by atoms with E-state index in [0.29, 0.717) is 27.5 Å². The topological polar surface area (TPSA) is 71.3 Å². The van der Waals surface area contributed by atoms with Crippen LogP contribution in [0, 0.1) is 12.7 Å². The molecular weight excluding hydrogens is 455 g/mol. The predicted molar refractivity (Wildman–Crippen MR) is 129 cm³/mol. The number of halogens is 2. The fourth-order valence-corrected chi connectivity index (χ4v) is 4.19. The van der Waals surface area contributed by atoms with Crippen molar-refractivity contribution in [2.75, 3.05) is 4.90 Å². The van der Waals surface area contributed by atoms with E-state index in [1.807, 2.05) is 50.2 Å². The molecule has 2 heterocycles. The summed E-state index contributed by atoms with van der Waals surface area (Å²) in [7, 11) is 0. The van der Waals surface area contributed by atoms with Crippen LogP contribution in [0.4, 0.5) is 14.9 Å². The highest BCUT2D eigenvalue weighted by Gasteiger charge is 2.36. The Kier molecular flexibility index (Phi) is 5.63. The van der Waals surface area contributed by atoms with E-state index >= 15 is 0 Å². The van der Waals surface area contributed by atoms with Gasteiger partial charge in [-0.2, -0.15) is 4.98 Å². The number of carbonyl (C=O) groups excluding carboxylic acids is 1. The summed E-state index contributed by atoms with van der Waals surface area (Å²) >= 11 is 6.20. The Morgan fingerprint density at radius 3 is 2.56 bits per heavy atom. The number of hydrogen-bond acceptors (Lipinski definition) is 4. The fourth-order valence-electron chi connectivity index (χ4n) is 4.07. The van der Waals surface area contributed by atoms with Crippen molar-refractivity contribution in [1.29, 1.82) is 0 Å². The zero-order valence-corrected chi connectivity index (χ0v) is 19.2. The van der Waals surface area contributed by atoms with Gasteiger partial charge in [0.25, 0.3) is 5.89 Å². The molecule has 0 aliphatic carbocycles. The molecule has 0 saturated heterocycles. The molecule has 4 aromatic rings. The van der Waals surface area contributed by atoms with Crippen LogP contribution in [-0.4, -0.2) is 16.2 Å². The van der Waals surface area contributed by atoms with Gasteiger partial charge < -0.3 is 9.84 Å². The molecule has 34 heavy (non-hydrogen) atoms. The van der Waals surface area contributed by atoms with Gasteiger partial charge in [-0.25, -0.2) is 9.18 Å². The average Bonchev–Trinajstić information content (AvgIpc) is 3.31. The zero-order valence-electron chi connectivity index (χ0n) is 18.4. The number of aromatic nitrogens is 2. The second-order valence-electron chi connectivity index (χ2n) is 7.99. The molecule has 5 rings (SSSR count). The Hall–Kier alpha value is -3.97. The van der Waals surface area contributed by atoms with Crippen LogP contribution in [0.2, 0.25) is 5.02 Å². The lowest BCUT2D eigenvalue weighted by atomic mass is 9.94. The number of aryl methyl sites for hydroxylation is 1. The molecule has 1 N–H and O–H groups in total. The van der Waals surface area contributed by atoms with Gasteiger partial charge >= 0.3 is 6.03 Å². The third-order valence-corrected chi connectivity index (χ3v) is 6.18. The van der Waals surface area contributed by atoms with Gasteiger partial charge in [0.1, 0.15) is 5.82 Å². The minimum atomic E-state index is -0.515. The van der Waals surface area contributed by atoms with Crippen LogP contribution in [0.25, 0.3) is 17.0 Å². The number of nitrogens with one attached hydrogen (secondary N) is 1. The summed E-state index contributed by atoms with van der Waals surface area (Å²) in [4.78, 5) is 19.4. The number of anilines is 1. The van der Waals surface area contributed by atoms with E-state index < -0.39 is 11.9 Å². The molecule has 8 heteroatoms. The smallest absolute Gasteiger partial charge is 0.326 e. The molecule has 2 amide bonds. The Bertz CT molecular complexity index is 1420. The Morgan fingerprint density at radius 2 is 1.82 bits per heavy atom. The molecule has 3 aromatic carbocycles. The summed E-state index contributed by atoms with van der Waals surface area (Å²) in [6.45, 7) is 3.71. The van der Waals surface area contributed by atoms with Gasteiger partial charge in [0.2, 0.25) is 5.82 Å². The first kappa shape index (κ1) is 21.9. The van der Waals surface area contributed by atoms with Gasteiger partial charge in [0.15, 0.2) is 0 Å². The number of carbonyl (C=O) groups is 1. The molecule has 0 radical (unpaired) electrons. The normalized spacial score (nSPS) is 16.1. The first-order valence-electron chi connectivity index (χ1n) is 10.6. The van der Waals surface area contributed by atoms with E-state index in [1.54, 1.807) is 29.2 Å². The summed E-state index contributed by atoms with van der Waals surface area (Å²) in [5.41, 5.74) is 4.14. The molecular formula is C26H20ClFN4O2. The largest absolute Gasteiger partial charge is 0.334 e. The zero-order chi connectivity index (χ0) is 23.8. The van der Waals surface area contributed by atoms with E-state index in [-0.39, 0.29) is 17.7 Å². The summed E-state index contributed by atoms with van der Waals surface area (Å²) < 4.78 is 19.4. The highest BCUT2D eigenvalue weighted by molar-refractivity contribution is 6.31. The SMILES string of the molecule is CC1=C(c2nc(-c3cccc(F)c3)no2)C(c2ccccc2)NC(=O)N1c1ccc(Cl)c(C)c1. The van der Waals surface area contributed by atoms with Crippen LogP contribution in [-0.2, 0) is 0 Å². The Balaban J connectivity index is 1.66. The standard InChI is InChI=1S/C26H20ClFN4O2/c1-15-13-20(11-12-21(15)27)32-16(2)22(23(29-26(32)33)17-7-4-3-5-8-17)25-30-24(31-34-25)18-9-6-10-19(28)14-18/h3-14,23H,1-2H3,(H,29,33). The van der Waals surface area contributed by atoms with Gasteiger partial charge in [-0.05, 0) is 55.3 Å². The van der Waals surface area contributed by atoms with Crippen molar-refractivity contribution in [2.45, 2.75) is 19.9 Å². The Labute approximate surface area is 200 Å². The lowest BCUT2D eigenvalue weighted by Gasteiger charge is -2.35. The monoisotopic (exact) mass is 474 g/mol. The third kappa shape index (κ3) is 3.95. The Morgan fingerprint density at radius 1 is 1.03 bits per heavy atom. The molecule has 1 unspecified atom stereocenters. The second-order valence-corrected chi connectivity index (χ2v) is 8.40. The summed E-state index contributed by atoms with van der Waals surface area (Å²) in [5, 5.41) is 7.75. The highest BCUT2D eigenvalue weighted by atomic mass is 35.5. The van der Waals surface area contributed by atoms with Gasteiger partial charge in [0.05, 0.1) is 17.3 Å². The van der Waals surface area contributed by atoms with Crippen molar-refractivity contribution >= 4 is 28.9 Å². The summed E-state index contributed by atoms with van der Waals surface area (Å²) in [6.07, 6.45) is 0. The van der Waals surface area contributed by atoms with Crippen LogP contribution in [0.1, 0.15) is 30.0 Å². The van der Waals surface area contributed by atoms with E-state index in [1.165, 1.54) is 12.1 Å². The molecule has 0 saturated carbocycles.